The lowest BCUT2D eigenvalue weighted by Gasteiger charge is -2.32. The van der Waals surface area contributed by atoms with E-state index < -0.39 is 0 Å². The summed E-state index contributed by atoms with van der Waals surface area (Å²) in [6, 6.07) is 6.60. The highest BCUT2D eigenvalue weighted by Gasteiger charge is 2.24. The molecule has 5 heteroatoms. The van der Waals surface area contributed by atoms with Crippen LogP contribution in [-0.2, 0) is 9.53 Å². The molecule has 0 unspecified atom stereocenters. The number of carbonyl (C=O) groups excluding carboxylic acids is 1. The van der Waals surface area contributed by atoms with Crippen LogP contribution in [0, 0.1) is 5.92 Å². The molecule has 1 saturated carbocycles. The predicted octanol–water partition coefficient (Wildman–Crippen LogP) is 3.64. The minimum absolute atomic E-state index is 0.178. The maximum Gasteiger partial charge on any atom is 0.227 e. The van der Waals surface area contributed by atoms with Crippen molar-refractivity contribution in [3.05, 3.63) is 18.2 Å². The number of rotatable bonds is 4. The van der Waals surface area contributed by atoms with Gasteiger partial charge in [-0.1, -0.05) is 19.3 Å². The molecular formula is C21H31N3O2. The van der Waals surface area contributed by atoms with E-state index in [-0.39, 0.29) is 11.8 Å². The van der Waals surface area contributed by atoms with Gasteiger partial charge in [-0.25, -0.2) is 0 Å². The molecule has 1 aromatic carbocycles. The fourth-order valence-corrected chi connectivity index (χ4v) is 4.48. The van der Waals surface area contributed by atoms with Gasteiger partial charge in [0.2, 0.25) is 5.91 Å². The minimum atomic E-state index is 0.178. The summed E-state index contributed by atoms with van der Waals surface area (Å²) in [5.74, 6) is 0.384. The third-order valence-electron chi connectivity index (χ3n) is 6.04. The number of ether oxygens (including phenoxy) is 1. The van der Waals surface area contributed by atoms with Gasteiger partial charge in [0.25, 0.3) is 0 Å². The first kappa shape index (κ1) is 17.7. The third-order valence-corrected chi connectivity index (χ3v) is 6.04. The van der Waals surface area contributed by atoms with Gasteiger partial charge in [0.05, 0.1) is 24.6 Å². The summed E-state index contributed by atoms with van der Waals surface area (Å²) >= 11 is 0. The molecule has 0 atom stereocenters. The molecule has 3 aliphatic rings. The number of hydrogen-bond donors (Lipinski definition) is 1. The van der Waals surface area contributed by atoms with Crippen LogP contribution in [0.2, 0.25) is 0 Å². The Labute approximate surface area is 156 Å². The molecule has 3 fully saturated rings. The third kappa shape index (κ3) is 3.98. The summed E-state index contributed by atoms with van der Waals surface area (Å²) in [4.78, 5) is 17.6. The van der Waals surface area contributed by atoms with Gasteiger partial charge in [0.15, 0.2) is 0 Å². The molecule has 0 radical (unpaired) electrons. The van der Waals surface area contributed by atoms with Gasteiger partial charge in [-0.15, -0.1) is 0 Å². The quantitative estimate of drug-likeness (QED) is 0.893. The highest BCUT2D eigenvalue weighted by molar-refractivity contribution is 5.96. The number of carbonyl (C=O) groups is 1. The van der Waals surface area contributed by atoms with Crippen molar-refractivity contribution in [3.63, 3.8) is 0 Å². The Morgan fingerprint density at radius 2 is 1.65 bits per heavy atom. The molecule has 1 amide bonds. The van der Waals surface area contributed by atoms with E-state index in [2.05, 4.69) is 33.3 Å². The van der Waals surface area contributed by atoms with Crippen molar-refractivity contribution in [2.75, 3.05) is 54.5 Å². The van der Waals surface area contributed by atoms with Crippen LogP contribution in [0.1, 0.15) is 44.9 Å². The van der Waals surface area contributed by atoms with E-state index in [4.69, 9.17) is 4.74 Å². The number of amides is 1. The summed E-state index contributed by atoms with van der Waals surface area (Å²) in [6.07, 6.45) is 8.22. The molecule has 0 spiro atoms. The van der Waals surface area contributed by atoms with E-state index in [1.807, 2.05) is 0 Å². The Hall–Kier alpha value is -1.75. The standard InChI is InChI=1S/C21H31N3O2/c25-21(17-6-2-1-3-7-17)22-19-16-18(23-10-4-5-11-23)8-9-20(19)24-12-14-26-15-13-24/h8-9,16-17H,1-7,10-15H2,(H,22,25). The highest BCUT2D eigenvalue weighted by Crippen LogP contribution is 2.34. The summed E-state index contributed by atoms with van der Waals surface area (Å²) < 4.78 is 5.51. The van der Waals surface area contributed by atoms with Crippen LogP contribution in [0.3, 0.4) is 0 Å². The van der Waals surface area contributed by atoms with Gasteiger partial charge in [-0.05, 0) is 43.9 Å². The first-order valence-electron chi connectivity index (χ1n) is 10.3. The Balaban J connectivity index is 1.57. The normalized spacial score (nSPS) is 21.8. The van der Waals surface area contributed by atoms with Crippen LogP contribution < -0.4 is 15.1 Å². The van der Waals surface area contributed by atoms with Crippen LogP contribution in [0.15, 0.2) is 18.2 Å². The first-order valence-corrected chi connectivity index (χ1v) is 10.3. The molecule has 2 aliphatic heterocycles. The lowest BCUT2D eigenvalue weighted by molar-refractivity contribution is -0.120. The molecule has 5 nitrogen and oxygen atoms in total. The summed E-state index contributed by atoms with van der Waals surface area (Å²) in [7, 11) is 0. The average molecular weight is 357 g/mol. The van der Waals surface area contributed by atoms with Crippen molar-refractivity contribution in [2.45, 2.75) is 44.9 Å². The van der Waals surface area contributed by atoms with Crippen molar-refractivity contribution >= 4 is 23.0 Å². The lowest BCUT2D eigenvalue weighted by atomic mass is 9.88. The molecule has 2 saturated heterocycles. The van der Waals surface area contributed by atoms with Crippen molar-refractivity contribution in [3.8, 4) is 0 Å². The lowest BCUT2D eigenvalue weighted by Crippen LogP contribution is -2.37. The molecule has 1 N–H and O–H groups in total. The molecule has 142 valence electrons. The smallest absolute Gasteiger partial charge is 0.227 e. The maximum absolute atomic E-state index is 12.9. The fraction of sp³-hybridized carbons (Fsp3) is 0.667. The summed E-state index contributed by atoms with van der Waals surface area (Å²) in [6.45, 7) is 5.51. The van der Waals surface area contributed by atoms with Crippen LogP contribution in [0.4, 0.5) is 17.1 Å². The zero-order valence-corrected chi connectivity index (χ0v) is 15.7. The highest BCUT2D eigenvalue weighted by atomic mass is 16.5. The van der Waals surface area contributed by atoms with E-state index in [1.54, 1.807) is 0 Å². The van der Waals surface area contributed by atoms with Gasteiger partial charge < -0.3 is 19.9 Å². The Kier molecular flexibility index (Phi) is 5.63. The fourth-order valence-electron chi connectivity index (χ4n) is 4.48. The zero-order chi connectivity index (χ0) is 17.8. The Morgan fingerprint density at radius 3 is 2.38 bits per heavy atom. The van der Waals surface area contributed by atoms with E-state index >= 15 is 0 Å². The van der Waals surface area contributed by atoms with Gasteiger partial charge in [0.1, 0.15) is 0 Å². The number of nitrogens with one attached hydrogen (secondary N) is 1. The van der Waals surface area contributed by atoms with Crippen LogP contribution in [0.5, 0.6) is 0 Å². The molecule has 0 aromatic heterocycles. The predicted molar refractivity (Wildman–Crippen MR) is 106 cm³/mol. The summed E-state index contributed by atoms with van der Waals surface area (Å²) in [5.41, 5.74) is 3.35. The Bertz CT molecular complexity index is 616. The largest absolute Gasteiger partial charge is 0.378 e. The molecule has 4 rings (SSSR count). The second-order valence-corrected chi connectivity index (χ2v) is 7.82. The molecule has 1 aliphatic carbocycles. The van der Waals surface area contributed by atoms with Crippen molar-refractivity contribution in [2.24, 2.45) is 5.92 Å². The first-order chi connectivity index (χ1) is 12.8. The molecule has 26 heavy (non-hydrogen) atoms. The van der Waals surface area contributed by atoms with Gasteiger partial charge in [0, 0.05) is 37.8 Å². The molecule has 1 aromatic rings. The number of hydrogen-bond acceptors (Lipinski definition) is 4. The van der Waals surface area contributed by atoms with Crippen molar-refractivity contribution in [1.82, 2.24) is 0 Å². The van der Waals surface area contributed by atoms with Crippen molar-refractivity contribution < 1.29 is 9.53 Å². The van der Waals surface area contributed by atoms with Gasteiger partial charge in [-0.3, -0.25) is 4.79 Å². The number of benzene rings is 1. The second kappa shape index (κ2) is 8.30. The number of nitrogens with zero attached hydrogens (tertiary/aromatic N) is 2. The second-order valence-electron chi connectivity index (χ2n) is 7.82. The van der Waals surface area contributed by atoms with E-state index in [0.29, 0.717) is 0 Å². The SMILES string of the molecule is O=C(Nc1cc(N2CCCC2)ccc1N1CCOCC1)C1CCCCC1. The van der Waals surface area contributed by atoms with E-state index in [0.717, 1.165) is 63.6 Å². The Morgan fingerprint density at radius 1 is 0.923 bits per heavy atom. The van der Waals surface area contributed by atoms with Gasteiger partial charge in [-0.2, -0.15) is 0 Å². The summed E-state index contributed by atoms with van der Waals surface area (Å²) in [5, 5.41) is 3.29. The molecule has 2 heterocycles. The molecular weight excluding hydrogens is 326 g/mol. The molecule has 0 bridgehead atoms. The van der Waals surface area contributed by atoms with Crippen molar-refractivity contribution in [1.29, 1.82) is 0 Å². The average Bonchev–Trinajstić information content (AvgIpc) is 3.24. The van der Waals surface area contributed by atoms with Crippen LogP contribution >= 0.6 is 0 Å². The number of morpholine rings is 1. The van der Waals surface area contributed by atoms with Gasteiger partial charge >= 0.3 is 0 Å². The van der Waals surface area contributed by atoms with Crippen LogP contribution in [-0.4, -0.2) is 45.3 Å². The van der Waals surface area contributed by atoms with Crippen LogP contribution in [0.25, 0.3) is 0 Å². The van der Waals surface area contributed by atoms with E-state index in [9.17, 15) is 4.79 Å². The minimum Gasteiger partial charge on any atom is -0.378 e. The topological polar surface area (TPSA) is 44.8 Å². The monoisotopic (exact) mass is 357 g/mol. The zero-order valence-electron chi connectivity index (χ0n) is 15.7. The van der Waals surface area contributed by atoms with E-state index in [1.165, 1.54) is 37.8 Å². The number of anilines is 3. The maximum atomic E-state index is 12.9.